The molecule has 1 amide bonds. The summed E-state index contributed by atoms with van der Waals surface area (Å²) >= 11 is 5.83. The predicted octanol–water partition coefficient (Wildman–Crippen LogP) is 2.21. The molecule has 0 fully saturated rings. The van der Waals surface area contributed by atoms with E-state index in [1.54, 1.807) is 24.4 Å². The Labute approximate surface area is 103 Å². The number of halogens is 1. The first-order valence-electron chi connectivity index (χ1n) is 4.93. The highest BCUT2D eigenvalue weighted by Gasteiger charge is 2.10. The van der Waals surface area contributed by atoms with Gasteiger partial charge in [0.15, 0.2) is 0 Å². The molecule has 17 heavy (non-hydrogen) atoms. The van der Waals surface area contributed by atoms with E-state index >= 15 is 0 Å². The lowest BCUT2D eigenvalue weighted by Crippen LogP contribution is -2.13. The predicted molar refractivity (Wildman–Crippen MR) is 67.1 cm³/mol. The van der Waals surface area contributed by atoms with Crippen molar-refractivity contribution in [1.82, 2.24) is 10.2 Å². The summed E-state index contributed by atoms with van der Waals surface area (Å²) in [6, 6.07) is 4.70. The number of nitrogens with two attached hydrogens (primary N) is 1. The van der Waals surface area contributed by atoms with Gasteiger partial charge in [0.1, 0.15) is 5.82 Å². The summed E-state index contributed by atoms with van der Waals surface area (Å²) in [6.45, 7) is 1.84. The van der Waals surface area contributed by atoms with Crippen LogP contribution in [0.25, 0.3) is 0 Å². The molecule has 2 aromatic rings. The van der Waals surface area contributed by atoms with Gasteiger partial charge >= 0.3 is 0 Å². The largest absolute Gasteiger partial charge is 0.399 e. The lowest BCUT2D eigenvalue weighted by atomic mass is 10.2. The molecule has 1 aromatic heterocycles. The highest BCUT2D eigenvalue weighted by Crippen LogP contribution is 2.18. The molecule has 5 nitrogen and oxygen atoms in total. The van der Waals surface area contributed by atoms with Crippen LogP contribution in [-0.4, -0.2) is 16.1 Å². The summed E-state index contributed by atoms with van der Waals surface area (Å²) in [5.41, 5.74) is 7.33. The number of aryl methyl sites for hydroxylation is 1. The van der Waals surface area contributed by atoms with Crippen molar-refractivity contribution in [3.63, 3.8) is 0 Å². The first-order valence-corrected chi connectivity index (χ1v) is 5.31. The van der Waals surface area contributed by atoms with Crippen LogP contribution in [0.5, 0.6) is 0 Å². The molecule has 0 unspecified atom stereocenters. The molecule has 0 aliphatic rings. The minimum Gasteiger partial charge on any atom is -0.399 e. The molecular formula is C11H11ClN4O. The fourth-order valence-corrected chi connectivity index (χ4v) is 1.65. The van der Waals surface area contributed by atoms with Gasteiger partial charge in [-0.25, -0.2) is 0 Å². The summed E-state index contributed by atoms with van der Waals surface area (Å²) in [6.07, 6.45) is 1.63. The number of aromatic nitrogens is 2. The van der Waals surface area contributed by atoms with Crippen molar-refractivity contribution in [2.75, 3.05) is 11.1 Å². The fraction of sp³-hybridized carbons (Fsp3) is 0.0909. The molecule has 0 spiro atoms. The Hall–Kier alpha value is -2.01. The number of nitrogens with one attached hydrogen (secondary N) is 2. The van der Waals surface area contributed by atoms with Crippen molar-refractivity contribution < 1.29 is 4.79 Å². The van der Waals surface area contributed by atoms with E-state index < -0.39 is 0 Å². The van der Waals surface area contributed by atoms with E-state index in [0.29, 0.717) is 22.1 Å². The van der Waals surface area contributed by atoms with Crippen LogP contribution in [0.4, 0.5) is 11.5 Å². The lowest BCUT2D eigenvalue weighted by molar-refractivity contribution is 0.102. The number of hydrogen-bond acceptors (Lipinski definition) is 3. The van der Waals surface area contributed by atoms with E-state index in [1.165, 1.54) is 0 Å². The Morgan fingerprint density at radius 1 is 1.47 bits per heavy atom. The Balaban J connectivity index is 2.23. The van der Waals surface area contributed by atoms with Gasteiger partial charge in [-0.3, -0.25) is 9.89 Å². The number of benzene rings is 1. The first-order chi connectivity index (χ1) is 8.06. The molecule has 0 saturated heterocycles. The van der Waals surface area contributed by atoms with Crippen LogP contribution in [0.2, 0.25) is 5.02 Å². The monoisotopic (exact) mass is 250 g/mol. The lowest BCUT2D eigenvalue weighted by Gasteiger charge is -2.05. The summed E-state index contributed by atoms with van der Waals surface area (Å²) in [4.78, 5) is 11.9. The van der Waals surface area contributed by atoms with Gasteiger partial charge in [-0.1, -0.05) is 11.6 Å². The van der Waals surface area contributed by atoms with E-state index in [9.17, 15) is 4.79 Å². The van der Waals surface area contributed by atoms with Crippen molar-refractivity contribution in [3.05, 3.63) is 40.5 Å². The van der Waals surface area contributed by atoms with Crippen LogP contribution in [0.3, 0.4) is 0 Å². The van der Waals surface area contributed by atoms with Crippen LogP contribution in [0.15, 0.2) is 24.4 Å². The Kier molecular flexibility index (Phi) is 3.01. The number of carbonyl (C=O) groups excluding carboxylic acids is 1. The van der Waals surface area contributed by atoms with Crippen LogP contribution >= 0.6 is 11.6 Å². The highest BCUT2D eigenvalue weighted by atomic mass is 35.5. The number of H-pyrrole nitrogens is 1. The third-order valence-corrected chi connectivity index (χ3v) is 2.47. The number of rotatable bonds is 2. The van der Waals surface area contributed by atoms with Gasteiger partial charge in [-0.2, -0.15) is 5.10 Å². The molecule has 2 rings (SSSR count). The molecule has 0 atom stereocenters. The van der Waals surface area contributed by atoms with Crippen molar-refractivity contribution in [2.24, 2.45) is 0 Å². The topological polar surface area (TPSA) is 83.8 Å². The van der Waals surface area contributed by atoms with Gasteiger partial charge in [0.05, 0.1) is 6.20 Å². The van der Waals surface area contributed by atoms with Gasteiger partial charge in [-0.15, -0.1) is 0 Å². The standard InChI is InChI=1S/C11H11ClN4O/c1-6-5-14-16-10(6)15-11(17)7-2-8(12)4-9(13)3-7/h2-5H,13H2,1H3,(H2,14,15,16,17). The fourth-order valence-electron chi connectivity index (χ4n) is 1.40. The summed E-state index contributed by atoms with van der Waals surface area (Å²) in [7, 11) is 0. The Morgan fingerprint density at radius 3 is 2.82 bits per heavy atom. The first kappa shape index (κ1) is 11.5. The molecular weight excluding hydrogens is 240 g/mol. The van der Waals surface area contributed by atoms with Crippen molar-refractivity contribution in [2.45, 2.75) is 6.92 Å². The van der Waals surface area contributed by atoms with Crippen LogP contribution in [0, 0.1) is 6.92 Å². The second kappa shape index (κ2) is 4.47. The van der Waals surface area contributed by atoms with Gasteiger partial charge < -0.3 is 11.1 Å². The summed E-state index contributed by atoms with van der Waals surface area (Å²) in [5, 5.41) is 9.62. The molecule has 0 saturated carbocycles. The molecule has 1 aromatic carbocycles. The average Bonchev–Trinajstić information content (AvgIpc) is 2.63. The maximum atomic E-state index is 11.9. The van der Waals surface area contributed by atoms with Gasteiger partial charge in [0.25, 0.3) is 5.91 Å². The molecule has 0 aliphatic carbocycles. The molecule has 4 N–H and O–H groups in total. The van der Waals surface area contributed by atoms with E-state index in [-0.39, 0.29) is 5.91 Å². The van der Waals surface area contributed by atoms with Crippen molar-refractivity contribution in [3.8, 4) is 0 Å². The van der Waals surface area contributed by atoms with Gasteiger partial charge in [0.2, 0.25) is 0 Å². The van der Waals surface area contributed by atoms with Crippen LogP contribution in [0.1, 0.15) is 15.9 Å². The SMILES string of the molecule is Cc1cn[nH]c1NC(=O)c1cc(N)cc(Cl)c1. The zero-order valence-electron chi connectivity index (χ0n) is 9.12. The number of amides is 1. The van der Waals surface area contributed by atoms with Crippen LogP contribution < -0.4 is 11.1 Å². The Bertz CT molecular complexity index is 544. The molecule has 6 heteroatoms. The quantitative estimate of drug-likeness (QED) is 0.715. The normalized spacial score (nSPS) is 10.2. The van der Waals surface area contributed by atoms with Crippen molar-refractivity contribution in [1.29, 1.82) is 0 Å². The molecule has 1 heterocycles. The molecule has 88 valence electrons. The average molecular weight is 251 g/mol. The minimum absolute atomic E-state index is 0.286. The zero-order valence-corrected chi connectivity index (χ0v) is 9.88. The third kappa shape index (κ3) is 2.57. The maximum Gasteiger partial charge on any atom is 0.256 e. The number of aromatic amines is 1. The number of anilines is 2. The summed E-state index contributed by atoms with van der Waals surface area (Å²) in [5.74, 6) is 0.278. The number of nitrogens with zero attached hydrogens (tertiary/aromatic N) is 1. The minimum atomic E-state index is -0.286. The smallest absolute Gasteiger partial charge is 0.256 e. The van der Waals surface area contributed by atoms with Crippen molar-refractivity contribution >= 4 is 29.0 Å². The summed E-state index contributed by atoms with van der Waals surface area (Å²) < 4.78 is 0. The number of hydrogen-bond donors (Lipinski definition) is 3. The number of nitrogen functional groups attached to an aromatic ring is 1. The maximum absolute atomic E-state index is 11.9. The zero-order chi connectivity index (χ0) is 12.4. The molecule has 0 bridgehead atoms. The second-order valence-corrected chi connectivity index (χ2v) is 4.09. The highest BCUT2D eigenvalue weighted by molar-refractivity contribution is 6.31. The van der Waals surface area contributed by atoms with E-state index in [2.05, 4.69) is 15.5 Å². The van der Waals surface area contributed by atoms with E-state index in [1.807, 2.05) is 6.92 Å². The van der Waals surface area contributed by atoms with E-state index in [4.69, 9.17) is 17.3 Å². The number of carbonyl (C=O) groups is 1. The second-order valence-electron chi connectivity index (χ2n) is 3.66. The van der Waals surface area contributed by atoms with E-state index in [0.717, 1.165) is 5.56 Å². The molecule has 0 aliphatic heterocycles. The van der Waals surface area contributed by atoms with Crippen LogP contribution in [-0.2, 0) is 0 Å². The Morgan fingerprint density at radius 2 is 2.24 bits per heavy atom. The van der Waals surface area contributed by atoms with Gasteiger partial charge in [-0.05, 0) is 25.1 Å². The molecule has 0 radical (unpaired) electrons. The van der Waals surface area contributed by atoms with Gasteiger partial charge in [0, 0.05) is 21.8 Å². The third-order valence-electron chi connectivity index (χ3n) is 2.25.